The molecule has 3 aromatic heterocycles. The molecule has 4 aromatic rings. The monoisotopic (exact) mass is 526 g/mol. The summed E-state index contributed by atoms with van der Waals surface area (Å²) in [4.78, 5) is 44.7. The number of nitrogens with zero attached hydrogens (tertiary/aromatic N) is 6. The van der Waals surface area contributed by atoms with E-state index in [1.807, 2.05) is 0 Å². The fourth-order valence-corrected chi connectivity index (χ4v) is 6.38. The molecule has 1 amide bonds. The molecule has 10 nitrogen and oxygen atoms in total. The maximum absolute atomic E-state index is 14.0. The largest absolute Gasteiger partial charge is 0.496 e. The van der Waals surface area contributed by atoms with Crippen molar-refractivity contribution in [1.29, 1.82) is 0 Å². The van der Waals surface area contributed by atoms with Crippen molar-refractivity contribution in [3.8, 4) is 10.8 Å². The van der Waals surface area contributed by atoms with Gasteiger partial charge < -0.3 is 9.64 Å². The van der Waals surface area contributed by atoms with E-state index in [9.17, 15) is 18.8 Å². The minimum absolute atomic E-state index is 0.140. The number of halogens is 1. The molecule has 1 unspecified atom stereocenters. The molecule has 37 heavy (non-hydrogen) atoms. The predicted molar refractivity (Wildman–Crippen MR) is 137 cm³/mol. The van der Waals surface area contributed by atoms with E-state index in [0.717, 1.165) is 4.57 Å². The Morgan fingerprint density at radius 2 is 1.92 bits per heavy atom. The third-order valence-electron chi connectivity index (χ3n) is 7.09. The Balaban J connectivity index is 1.76. The first kappa shape index (κ1) is 24.9. The van der Waals surface area contributed by atoms with Crippen molar-refractivity contribution >= 4 is 27.5 Å². The molecular formula is C25H27FN6O4S. The van der Waals surface area contributed by atoms with E-state index < -0.39 is 22.6 Å². The molecule has 0 saturated carbocycles. The number of ether oxygens (including phenoxy) is 1. The minimum atomic E-state index is -1.33. The van der Waals surface area contributed by atoms with E-state index in [1.54, 1.807) is 25.8 Å². The number of fused-ring (bicyclic) bond motifs is 1. The van der Waals surface area contributed by atoms with Crippen molar-refractivity contribution < 1.29 is 13.9 Å². The molecule has 0 bridgehead atoms. The van der Waals surface area contributed by atoms with E-state index in [1.165, 1.54) is 58.4 Å². The molecule has 1 aliphatic rings. The van der Waals surface area contributed by atoms with Crippen LogP contribution in [0.15, 0.2) is 40.2 Å². The summed E-state index contributed by atoms with van der Waals surface area (Å²) in [5.41, 5.74) is -1.22. The van der Waals surface area contributed by atoms with Gasteiger partial charge in [-0.2, -0.15) is 10.2 Å². The number of aryl methyl sites for hydroxylation is 3. The topological polar surface area (TPSA) is 104 Å². The van der Waals surface area contributed by atoms with Gasteiger partial charge in [0.1, 0.15) is 26.9 Å². The van der Waals surface area contributed by atoms with Crippen molar-refractivity contribution in [3.05, 3.63) is 68.4 Å². The number of methoxy groups -OCH3 is 1. The first-order valence-corrected chi connectivity index (χ1v) is 12.7. The highest BCUT2D eigenvalue weighted by Crippen LogP contribution is 2.33. The molecule has 0 N–H and O–H groups in total. The van der Waals surface area contributed by atoms with Crippen LogP contribution in [0.3, 0.4) is 0 Å². The first-order chi connectivity index (χ1) is 17.7. The van der Waals surface area contributed by atoms with Gasteiger partial charge in [0.05, 0.1) is 24.9 Å². The summed E-state index contributed by atoms with van der Waals surface area (Å²) < 4.78 is 22.0. The van der Waals surface area contributed by atoms with Gasteiger partial charge >= 0.3 is 5.69 Å². The van der Waals surface area contributed by atoms with Crippen LogP contribution in [-0.2, 0) is 23.3 Å². The van der Waals surface area contributed by atoms with Crippen LogP contribution in [0.4, 0.5) is 4.39 Å². The SMILES string of the molecule is COc1ccc(F)cc1CCn1c(=O)n(C2(C)CCCN(C)C2=O)c(=O)c2c(C)c(-n3nccn3)sc21. The van der Waals surface area contributed by atoms with Gasteiger partial charge in [0.25, 0.3) is 5.56 Å². The second-order valence-electron chi connectivity index (χ2n) is 9.42. The quantitative estimate of drug-likeness (QED) is 0.382. The number of amides is 1. The Morgan fingerprint density at radius 3 is 2.62 bits per heavy atom. The number of carbonyl (C=O) groups is 1. The minimum Gasteiger partial charge on any atom is -0.496 e. The second kappa shape index (κ2) is 9.25. The lowest BCUT2D eigenvalue weighted by molar-refractivity contribution is -0.142. The van der Waals surface area contributed by atoms with Crippen LogP contribution in [0.5, 0.6) is 5.75 Å². The zero-order valence-corrected chi connectivity index (χ0v) is 21.8. The summed E-state index contributed by atoms with van der Waals surface area (Å²) in [6.45, 7) is 4.13. The van der Waals surface area contributed by atoms with E-state index in [4.69, 9.17) is 4.74 Å². The fraction of sp³-hybridized carbons (Fsp3) is 0.400. The number of thiophene rings is 1. The smallest absolute Gasteiger partial charge is 0.333 e. The molecule has 1 fully saturated rings. The molecule has 0 spiro atoms. The lowest BCUT2D eigenvalue weighted by Gasteiger charge is -2.38. The van der Waals surface area contributed by atoms with Crippen LogP contribution in [0.2, 0.25) is 0 Å². The predicted octanol–water partition coefficient (Wildman–Crippen LogP) is 2.47. The van der Waals surface area contributed by atoms with E-state index >= 15 is 0 Å². The van der Waals surface area contributed by atoms with Crippen molar-refractivity contribution in [1.82, 2.24) is 29.0 Å². The van der Waals surface area contributed by atoms with Gasteiger partial charge in [-0.3, -0.25) is 14.2 Å². The van der Waals surface area contributed by atoms with Gasteiger partial charge in [0.15, 0.2) is 0 Å². The number of aromatic nitrogens is 5. The first-order valence-electron chi connectivity index (χ1n) is 11.9. The molecule has 12 heteroatoms. The van der Waals surface area contributed by atoms with Crippen LogP contribution >= 0.6 is 11.3 Å². The van der Waals surface area contributed by atoms with Gasteiger partial charge in [-0.05, 0) is 56.9 Å². The van der Waals surface area contributed by atoms with Crippen LogP contribution in [0.25, 0.3) is 15.2 Å². The standard InChI is InChI=1S/C25H27FN6O4S/c1-15-19-20(33)31(25(2)9-5-12-29(3)23(25)34)24(35)30(22(19)37-21(15)32-27-10-11-28-32)13-8-16-14-17(26)6-7-18(16)36-4/h6-7,10-11,14H,5,8-9,12-13H2,1-4H3. The van der Waals surface area contributed by atoms with Gasteiger partial charge in [-0.15, -0.1) is 4.80 Å². The van der Waals surface area contributed by atoms with Crippen molar-refractivity contribution in [2.75, 3.05) is 20.7 Å². The number of benzene rings is 1. The van der Waals surface area contributed by atoms with E-state index in [-0.39, 0.29) is 18.9 Å². The van der Waals surface area contributed by atoms with Crippen molar-refractivity contribution in [2.24, 2.45) is 0 Å². The third-order valence-corrected chi connectivity index (χ3v) is 8.37. The molecule has 1 aliphatic heterocycles. The lowest BCUT2D eigenvalue weighted by Crippen LogP contribution is -2.59. The summed E-state index contributed by atoms with van der Waals surface area (Å²) in [6.07, 6.45) is 4.36. The zero-order chi connectivity index (χ0) is 26.5. The summed E-state index contributed by atoms with van der Waals surface area (Å²) in [5.74, 6) is -0.197. The zero-order valence-electron chi connectivity index (χ0n) is 21.0. The van der Waals surface area contributed by atoms with E-state index in [0.29, 0.717) is 51.5 Å². The number of piperidine rings is 1. The molecule has 1 saturated heterocycles. The number of hydrogen-bond acceptors (Lipinski definition) is 7. The Morgan fingerprint density at radius 1 is 1.19 bits per heavy atom. The van der Waals surface area contributed by atoms with Gasteiger partial charge in [0, 0.05) is 25.7 Å². The van der Waals surface area contributed by atoms with Gasteiger partial charge in [0.2, 0.25) is 5.91 Å². The van der Waals surface area contributed by atoms with Gasteiger partial charge in [-0.25, -0.2) is 13.8 Å². The number of rotatable bonds is 6. The number of likely N-dealkylation sites (N-methyl/N-ethyl adjacent to an activating group) is 1. The Bertz CT molecular complexity index is 1620. The number of carbonyl (C=O) groups excluding carboxylic acids is 1. The average Bonchev–Trinajstić information content (AvgIpc) is 3.51. The number of likely N-dealkylation sites (tertiary alicyclic amines) is 1. The van der Waals surface area contributed by atoms with E-state index in [2.05, 4.69) is 10.2 Å². The molecule has 0 aliphatic carbocycles. The highest BCUT2D eigenvalue weighted by Gasteiger charge is 2.43. The van der Waals surface area contributed by atoms with Crippen molar-refractivity contribution in [2.45, 2.75) is 45.2 Å². The Labute approximate surface area is 215 Å². The molecule has 0 radical (unpaired) electrons. The molecular weight excluding hydrogens is 499 g/mol. The maximum atomic E-state index is 14.0. The third kappa shape index (κ3) is 3.95. The summed E-state index contributed by atoms with van der Waals surface area (Å²) >= 11 is 1.23. The maximum Gasteiger partial charge on any atom is 0.333 e. The molecule has 5 rings (SSSR count). The summed E-state index contributed by atoms with van der Waals surface area (Å²) in [7, 11) is 3.18. The van der Waals surface area contributed by atoms with Crippen LogP contribution in [-0.4, -0.2) is 55.6 Å². The highest BCUT2D eigenvalue weighted by molar-refractivity contribution is 7.21. The average molecular weight is 527 g/mol. The highest BCUT2D eigenvalue weighted by atomic mass is 32.1. The van der Waals surface area contributed by atoms with Crippen LogP contribution < -0.4 is 16.0 Å². The second-order valence-corrected chi connectivity index (χ2v) is 10.4. The number of hydrogen-bond donors (Lipinski definition) is 0. The molecule has 1 atom stereocenters. The van der Waals surface area contributed by atoms with Crippen LogP contribution in [0, 0.1) is 12.7 Å². The van der Waals surface area contributed by atoms with Crippen LogP contribution in [0.1, 0.15) is 30.9 Å². The van der Waals surface area contributed by atoms with Crippen molar-refractivity contribution in [3.63, 3.8) is 0 Å². The van der Waals surface area contributed by atoms with Gasteiger partial charge in [-0.1, -0.05) is 11.3 Å². The lowest BCUT2D eigenvalue weighted by atomic mass is 9.89. The molecule has 4 heterocycles. The Hall–Kier alpha value is -3.80. The Kier molecular flexibility index (Phi) is 6.22. The molecule has 194 valence electrons. The normalized spacial score (nSPS) is 18.1. The summed E-state index contributed by atoms with van der Waals surface area (Å²) in [5, 5.41) is 9.34. The molecule has 1 aromatic carbocycles. The fourth-order valence-electron chi connectivity index (χ4n) is 5.14. The summed E-state index contributed by atoms with van der Waals surface area (Å²) in [6, 6.07) is 4.22.